The summed E-state index contributed by atoms with van der Waals surface area (Å²) in [6.45, 7) is 6.34. The normalized spacial score (nSPS) is 12.5. The summed E-state index contributed by atoms with van der Waals surface area (Å²) in [4.78, 5) is 0. The maximum Gasteiger partial charge on any atom is 0.138 e. The first-order valence-electron chi connectivity index (χ1n) is 5.60. The van der Waals surface area contributed by atoms with Crippen LogP contribution in [0.3, 0.4) is 0 Å². The number of hydrogen-bond donors (Lipinski definition) is 0. The van der Waals surface area contributed by atoms with Crippen LogP contribution in [-0.4, -0.2) is 6.10 Å². The lowest BCUT2D eigenvalue weighted by molar-refractivity contribution is 0.186. The number of aryl methyl sites for hydroxylation is 1. The van der Waals surface area contributed by atoms with Crippen LogP contribution in [0.4, 0.5) is 0 Å². The summed E-state index contributed by atoms with van der Waals surface area (Å²) in [7, 11) is 0. The molecular formula is C13H19ClO. The van der Waals surface area contributed by atoms with Gasteiger partial charge in [0.15, 0.2) is 0 Å². The Morgan fingerprint density at radius 3 is 2.60 bits per heavy atom. The van der Waals surface area contributed by atoms with Gasteiger partial charge in [-0.25, -0.2) is 0 Å². The van der Waals surface area contributed by atoms with E-state index in [1.54, 1.807) is 0 Å². The van der Waals surface area contributed by atoms with Crippen molar-refractivity contribution >= 4 is 11.6 Å². The Hall–Kier alpha value is -0.690. The Kier molecular flexibility index (Phi) is 4.97. The van der Waals surface area contributed by atoms with E-state index in [4.69, 9.17) is 16.3 Å². The highest BCUT2D eigenvalue weighted by molar-refractivity contribution is 6.32. The summed E-state index contributed by atoms with van der Waals surface area (Å²) in [5.74, 6) is 0.808. The molecule has 0 aliphatic rings. The second kappa shape index (κ2) is 6.02. The van der Waals surface area contributed by atoms with Gasteiger partial charge in [0, 0.05) is 0 Å². The number of rotatable bonds is 5. The van der Waals surface area contributed by atoms with E-state index in [1.165, 1.54) is 0 Å². The lowest BCUT2D eigenvalue weighted by Gasteiger charge is -2.17. The van der Waals surface area contributed by atoms with Crippen molar-refractivity contribution in [3.05, 3.63) is 28.8 Å². The zero-order valence-corrected chi connectivity index (χ0v) is 10.5. The van der Waals surface area contributed by atoms with Gasteiger partial charge in [-0.1, -0.05) is 37.9 Å². The molecule has 0 saturated carbocycles. The molecule has 1 unspecified atom stereocenters. The van der Waals surface area contributed by atoms with Crippen LogP contribution in [0.1, 0.15) is 38.7 Å². The van der Waals surface area contributed by atoms with Crippen LogP contribution in [-0.2, 0) is 0 Å². The van der Waals surface area contributed by atoms with Gasteiger partial charge in [0.1, 0.15) is 5.75 Å². The van der Waals surface area contributed by atoms with Crippen LogP contribution >= 0.6 is 11.6 Å². The third kappa shape index (κ3) is 3.75. The van der Waals surface area contributed by atoms with Crippen molar-refractivity contribution < 1.29 is 4.74 Å². The van der Waals surface area contributed by atoms with Crippen LogP contribution in [0.5, 0.6) is 5.75 Å². The second-order valence-electron chi connectivity index (χ2n) is 3.87. The third-order valence-corrected chi connectivity index (χ3v) is 2.74. The quantitative estimate of drug-likeness (QED) is 0.713. The Morgan fingerprint density at radius 1 is 1.33 bits per heavy atom. The van der Waals surface area contributed by atoms with E-state index in [-0.39, 0.29) is 6.10 Å². The molecule has 1 atom stereocenters. The van der Waals surface area contributed by atoms with E-state index < -0.39 is 0 Å². The minimum absolute atomic E-state index is 0.287. The second-order valence-corrected chi connectivity index (χ2v) is 4.28. The molecule has 0 N–H and O–H groups in total. The van der Waals surface area contributed by atoms with Gasteiger partial charge in [0.25, 0.3) is 0 Å². The van der Waals surface area contributed by atoms with E-state index in [1.807, 2.05) is 25.1 Å². The molecular weight excluding hydrogens is 208 g/mol. The third-order valence-electron chi connectivity index (χ3n) is 2.45. The lowest BCUT2D eigenvalue weighted by Crippen LogP contribution is -2.14. The van der Waals surface area contributed by atoms with E-state index >= 15 is 0 Å². The Bertz CT molecular complexity index is 309. The van der Waals surface area contributed by atoms with Gasteiger partial charge in [-0.05, 0) is 37.5 Å². The van der Waals surface area contributed by atoms with Crippen LogP contribution in [0.25, 0.3) is 0 Å². The van der Waals surface area contributed by atoms with Crippen molar-refractivity contribution in [2.75, 3.05) is 0 Å². The van der Waals surface area contributed by atoms with Crippen LogP contribution in [0.15, 0.2) is 18.2 Å². The largest absolute Gasteiger partial charge is 0.489 e. The number of ether oxygens (including phenoxy) is 1. The molecule has 1 rings (SSSR count). The maximum absolute atomic E-state index is 6.11. The van der Waals surface area contributed by atoms with Gasteiger partial charge < -0.3 is 4.74 Å². The average Bonchev–Trinajstić information content (AvgIpc) is 2.21. The summed E-state index contributed by atoms with van der Waals surface area (Å²) in [6, 6.07) is 5.92. The van der Waals surface area contributed by atoms with Crippen molar-refractivity contribution in [1.82, 2.24) is 0 Å². The zero-order valence-electron chi connectivity index (χ0n) is 9.72. The molecule has 0 aliphatic heterocycles. The van der Waals surface area contributed by atoms with Gasteiger partial charge in [0.05, 0.1) is 11.1 Å². The molecule has 0 fully saturated rings. The van der Waals surface area contributed by atoms with E-state index in [0.29, 0.717) is 5.02 Å². The minimum atomic E-state index is 0.287. The first-order valence-corrected chi connectivity index (χ1v) is 5.98. The van der Waals surface area contributed by atoms with Gasteiger partial charge in [-0.2, -0.15) is 0 Å². The fourth-order valence-corrected chi connectivity index (χ4v) is 1.83. The summed E-state index contributed by atoms with van der Waals surface area (Å²) in [5.41, 5.74) is 1.16. The van der Waals surface area contributed by atoms with Crippen LogP contribution < -0.4 is 4.74 Å². The molecule has 15 heavy (non-hydrogen) atoms. The van der Waals surface area contributed by atoms with Gasteiger partial charge in [0.2, 0.25) is 0 Å². The fourth-order valence-electron chi connectivity index (χ4n) is 1.55. The fraction of sp³-hybridized carbons (Fsp3) is 0.538. The first kappa shape index (κ1) is 12.4. The highest BCUT2D eigenvalue weighted by Crippen LogP contribution is 2.27. The molecule has 2 heteroatoms. The van der Waals surface area contributed by atoms with E-state index in [2.05, 4.69) is 13.8 Å². The number of hydrogen-bond acceptors (Lipinski definition) is 1. The molecule has 0 saturated heterocycles. The SMILES string of the molecule is CCCC(CC)Oc1ccc(C)cc1Cl. The van der Waals surface area contributed by atoms with Gasteiger partial charge >= 0.3 is 0 Å². The lowest BCUT2D eigenvalue weighted by atomic mass is 10.1. The van der Waals surface area contributed by atoms with Crippen molar-refractivity contribution in [2.24, 2.45) is 0 Å². The molecule has 0 aliphatic carbocycles. The summed E-state index contributed by atoms with van der Waals surface area (Å²) in [5, 5.41) is 0.713. The first-order chi connectivity index (χ1) is 7.17. The van der Waals surface area contributed by atoms with Crippen LogP contribution in [0.2, 0.25) is 5.02 Å². The summed E-state index contributed by atoms with van der Waals surface area (Å²) in [6.07, 6.45) is 3.54. The predicted molar refractivity (Wildman–Crippen MR) is 65.8 cm³/mol. The highest BCUT2D eigenvalue weighted by Gasteiger charge is 2.09. The highest BCUT2D eigenvalue weighted by atomic mass is 35.5. The van der Waals surface area contributed by atoms with E-state index in [0.717, 1.165) is 30.6 Å². The molecule has 1 nitrogen and oxygen atoms in total. The predicted octanol–water partition coefficient (Wildman–Crippen LogP) is 4.61. The summed E-state index contributed by atoms with van der Waals surface area (Å²) >= 11 is 6.11. The Morgan fingerprint density at radius 2 is 2.07 bits per heavy atom. The number of halogens is 1. The molecule has 0 radical (unpaired) electrons. The van der Waals surface area contributed by atoms with Gasteiger partial charge in [-0.15, -0.1) is 0 Å². The smallest absolute Gasteiger partial charge is 0.138 e. The minimum Gasteiger partial charge on any atom is -0.489 e. The standard InChI is InChI=1S/C13H19ClO/c1-4-6-11(5-2)15-13-8-7-10(3)9-12(13)14/h7-9,11H,4-6H2,1-3H3. The van der Waals surface area contributed by atoms with Crippen LogP contribution in [0, 0.1) is 6.92 Å². The number of benzene rings is 1. The Balaban J connectivity index is 2.70. The molecule has 0 amide bonds. The molecule has 1 aromatic rings. The molecule has 0 bridgehead atoms. The molecule has 0 spiro atoms. The van der Waals surface area contributed by atoms with Gasteiger partial charge in [-0.3, -0.25) is 0 Å². The Labute approximate surface area is 97.4 Å². The molecule has 0 heterocycles. The topological polar surface area (TPSA) is 9.23 Å². The van der Waals surface area contributed by atoms with Crippen molar-refractivity contribution in [3.63, 3.8) is 0 Å². The van der Waals surface area contributed by atoms with Crippen molar-refractivity contribution in [2.45, 2.75) is 46.1 Å². The van der Waals surface area contributed by atoms with Crippen molar-refractivity contribution in [3.8, 4) is 5.75 Å². The molecule has 1 aromatic carbocycles. The summed E-state index contributed by atoms with van der Waals surface area (Å²) < 4.78 is 5.86. The van der Waals surface area contributed by atoms with E-state index in [9.17, 15) is 0 Å². The van der Waals surface area contributed by atoms with Crippen molar-refractivity contribution in [1.29, 1.82) is 0 Å². The average molecular weight is 227 g/mol. The molecule has 0 aromatic heterocycles. The monoisotopic (exact) mass is 226 g/mol. The zero-order chi connectivity index (χ0) is 11.3. The maximum atomic E-state index is 6.11. The molecule has 84 valence electrons.